The van der Waals surface area contributed by atoms with Crippen molar-refractivity contribution in [2.75, 3.05) is 19.6 Å². The van der Waals surface area contributed by atoms with Crippen molar-refractivity contribution >= 4 is 11.5 Å². The van der Waals surface area contributed by atoms with Gasteiger partial charge in [-0.15, -0.1) is 0 Å². The number of hydrogen-bond acceptors (Lipinski definition) is 2. The number of hydrogen-bond donors (Lipinski definition) is 1. The Hall–Kier alpha value is -1.87. The summed E-state index contributed by atoms with van der Waals surface area (Å²) in [4.78, 5) is 15.5. The molecule has 1 aromatic rings. The van der Waals surface area contributed by atoms with Crippen LogP contribution in [0.2, 0.25) is 0 Å². The van der Waals surface area contributed by atoms with Crippen LogP contribution in [0, 0.1) is 17.8 Å². The summed E-state index contributed by atoms with van der Waals surface area (Å²) in [6, 6.07) is 8.73. The maximum atomic E-state index is 12.8. The van der Waals surface area contributed by atoms with Gasteiger partial charge in [0.2, 0.25) is 0 Å². The largest absolute Gasteiger partial charge is 0.350 e. The fourth-order valence-electron chi connectivity index (χ4n) is 6.10. The summed E-state index contributed by atoms with van der Waals surface area (Å²) >= 11 is 0. The van der Waals surface area contributed by atoms with E-state index in [4.69, 9.17) is 0 Å². The van der Waals surface area contributed by atoms with E-state index in [9.17, 15) is 4.79 Å². The number of nitrogens with zero attached hydrogens (tertiary/aromatic N) is 1. The predicted octanol–water partition coefficient (Wildman–Crippen LogP) is 4.15. The van der Waals surface area contributed by atoms with Gasteiger partial charge in [-0.1, -0.05) is 42.5 Å². The second-order valence-corrected chi connectivity index (χ2v) is 9.73. The molecule has 3 unspecified atom stereocenters. The molecule has 3 atom stereocenters. The zero-order valence-electron chi connectivity index (χ0n) is 17.2. The van der Waals surface area contributed by atoms with E-state index in [0.717, 1.165) is 54.8 Å². The topological polar surface area (TPSA) is 32.3 Å². The first-order chi connectivity index (χ1) is 13.5. The molecular weight excluding hydrogens is 344 g/mol. The predicted molar refractivity (Wildman–Crippen MR) is 114 cm³/mol. The third-order valence-electron chi connectivity index (χ3n) is 7.50. The number of likely N-dealkylation sites (tertiary alicyclic amines) is 1. The number of rotatable bonds is 4. The molecule has 1 aliphatic heterocycles. The highest BCUT2D eigenvalue weighted by molar-refractivity contribution is 6.21. The van der Waals surface area contributed by atoms with E-state index in [-0.39, 0.29) is 17.4 Å². The average molecular weight is 377 g/mol. The molecule has 1 saturated heterocycles. The summed E-state index contributed by atoms with van der Waals surface area (Å²) < 4.78 is 0. The number of nitrogens with one attached hydrogen (secondary N) is 1. The van der Waals surface area contributed by atoms with E-state index in [0.29, 0.717) is 0 Å². The lowest BCUT2D eigenvalue weighted by Gasteiger charge is -2.40. The summed E-state index contributed by atoms with van der Waals surface area (Å²) in [7, 11) is 0. The van der Waals surface area contributed by atoms with Crippen molar-refractivity contribution in [1.82, 2.24) is 10.2 Å². The molecule has 5 rings (SSSR count). The van der Waals surface area contributed by atoms with E-state index < -0.39 is 0 Å². The van der Waals surface area contributed by atoms with Crippen molar-refractivity contribution < 1.29 is 4.79 Å². The van der Waals surface area contributed by atoms with Crippen LogP contribution in [0.4, 0.5) is 0 Å². The van der Waals surface area contributed by atoms with Gasteiger partial charge in [0, 0.05) is 23.6 Å². The normalized spacial score (nSPS) is 30.1. The summed E-state index contributed by atoms with van der Waals surface area (Å²) in [6.07, 6.45) is 12.2. The fraction of sp³-hybridized carbons (Fsp3) is 0.560. The van der Waals surface area contributed by atoms with Crippen LogP contribution in [0.25, 0.3) is 5.57 Å². The molecule has 2 bridgehead atoms. The highest BCUT2D eigenvalue weighted by Gasteiger charge is 2.43. The van der Waals surface area contributed by atoms with Gasteiger partial charge in [-0.2, -0.15) is 0 Å². The number of piperidine rings is 1. The SMILES string of the molecule is CC(C)NC(=O)C1=CC2(CCN(CC3CC4C=CC3C4)CC2)c2ccccc21. The lowest BCUT2D eigenvalue weighted by molar-refractivity contribution is -0.116. The lowest BCUT2D eigenvalue weighted by atomic mass is 9.74. The molecule has 1 N–H and O–H groups in total. The van der Waals surface area contributed by atoms with Gasteiger partial charge in [-0.25, -0.2) is 0 Å². The lowest BCUT2D eigenvalue weighted by Crippen LogP contribution is -2.43. The van der Waals surface area contributed by atoms with Crippen molar-refractivity contribution in [3.05, 3.63) is 53.6 Å². The van der Waals surface area contributed by atoms with E-state index in [1.165, 1.54) is 24.9 Å². The molecule has 3 nitrogen and oxygen atoms in total. The molecule has 28 heavy (non-hydrogen) atoms. The summed E-state index contributed by atoms with van der Waals surface area (Å²) in [6.45, 7) is 7.59. The Kier molecular flexibility index (Phi) is 4.46. The van der Waals surface area contributed by atoms with Crippen molar-refractivity contribution in [3.63, 3.8) is 0 Å². The van der Waals surface area contributed by atoms with Crippen LogP contribution in [-0.4, -0.2) is 36.5 Å². The Balaban J connectivity index is 1.32. The maximum Gasteiger partial charge on any atom is 0.251 e. The standard InChI is InChI=1S/C25H32N2O/c1-17(2)26-24(28)22-15-25(23-6-4-3-5-21(22)23)9-11-27(12-10-25)16-20-14-18-7-8-19(20)13-18/h3-8,15,17-20H,9-14,16H2,1-2H3,(H,26,28). The third-order valence-corrected chi connectivity index (χ3v) is 7.50. The van der Waals surface area contributed by atoms with Crippen LogP contribution in [0.3, 0.4) is 0 Å². The second-order valence-electron chi connectivity index (χ2n) is 9.73. The van der Waals surface area contributed by atoms with Crippen LogP contribution in [0.1, 0.15) is 50.7 Å². The molecule has 1 spiro atoms. The number of allylic oxidation sites excluding steroid dienone is 3. The third kappa shape index (κ3) is 3.04. The number of carbonyl (C=O) groups is 1. The summed E-state index contributed by atoms with van der Waals surface area (Å²) in [5.41, 5.74) is 3.44. The summed E-state index contributed by atoms with van der Waals surface area (Å²) in [5, 5.41) is 3.10. The second kappa shape index (κ2) is 6.88. The minimum absolute atomic E-state index is 0.0470. The van der Waals surface area contributed by atoms with Crippen LogP contribution in [-0.2, 0) is 10.2 Å². The molecule has 148 valence electrons. The van der Waals surface area contributed by atoms with Gasteiger partial charge in [0.1, 0.15) is 0 Å². The molecule has 1 amide bonds. The zero-order valence-corrected chi connectivity index (χ0v) is 17.2. The van der Waals surface area contributed by atoms with Crippen LogP contribution >= 0.6 is 0 Å². The molecular formula is C25H32N2O. The van der Waals surface area contributed by atoms with E-state index >= 15 is 0 Å². The smallest absolute Gasteiger partial charge is 0.251 e. The van der Waals surface area contributed by atoms with Crippen molar-refractivity contribution in [2.45, 2.75) is 51.0 Å². The van der Waals surface area contributed by atoms with E-state index in [1.54, 1.807) is 0 Å². The molecule has 0 aromatic heterocycles. The van der Waals surface area contributed by atoms with Crippen LogP contribution < -0.4 is 5.32 Å². The van der Waals surface area contributed by atoms with Gasteiger partial charge in [-0.3, -0.25) is 4.79 Å². The zero-order chi connectivity index (χ0) is 19.3. The molecule has 3 heteroatoms. The van der Waals surface area contributed by atoms with Crippen LogP contribution in [0.5, 0.6) is 0 Å². The first-order valence-electron chi connectivity index (χ1n) is 11.1. The van der Waals surface area contributed by atoms with Gasteiger partial charge in [0.25, 0.3) is 5.91 Å². The Bertz CT molecular complexity index is 829. The Morgan fingerprint density at radius 1 is 1.18 bits per heavy atom. The Morgan fingerprint density at radius 2 is 1.96 bits per heavy atom. The highest BCUT2D eigenvalue weighted by atomic mass is 16.1. The molecule has 3 aliphatic carbocycles. The van der Waals surface area contributed by atoms with Crippen LogP contribution in [0.15, 0.2) is 42.5 Å². The minimum Gasteiger partial charge on any atom is -0.350 e. The molecule has 0 radical (unpaired) electrons. The van der Waals surface area contributed by atoms with Gasteiger partial charge in [0.05, 0.1) is 0 Å². The monoisotopic (exact) mass is 376 g/mol. The Labute approximate surface area is 168 Å². The van der Waals surface area contributed by atoms with Crippen molar-refractivity contribution in [3.8, 4) is 0 Å². The summed E-state index contributed by atoms with van der Waals surface area (Å²) in [5.74, 6) is 2.63. The first-order valence-corrected chi connectivity index (χ1v) is 11.1. The van der Waals surface area contributed by atoms with Gasteiger partial charge in [-0.05, 0) is 81.5 Å². The molecule has 2 fully saturated rings. The first kappa shape index (κ1) is 18.2. The molecule has 1 saturated carbocycles. The average Bonchev–Trinajstić information content (AvgIpc) is 3.37. The van der Waals surface area contributed by atoms with Crippen molar-refractivity contribution in [2.24, 2.45) is 17.8 Å². The molecule has 1 aromatic carbocycles. The van der Waals surface area contributed by atoms with Gasteiger partial charge < -0.3 is 10.2 Å². The minimum atomic E-state index is 0.0470. The number of carbonyl (C=O) groups excluding carboxylic acids is 1. The fourth-order valence-corrected chi connectivity index (χ4v) is 6.10. The molecule has 4 aliphatic rings. The number of amides is 1. The van der Waals surface area contributed by atoms with Gasteiger partial charge >= 0.3 is 0 Å². The maximum absolute atomic E-state index is 12.8. The van der Waals surface area contributed by atoms with E-state index in [2.05, 4.69) is 52.7 Å². The number of fused-ring (bicyclic) bond motifs is 4. The Morgan fingerprint density at radius 3 is 2.64 bits per heavy atom. The number of benzene rings is 1. The van der Waals surface area contributed by atoms with E-state index in [1.807, 2.05) is 13.8 Å². The molecule has 1 heterocycles. The van der Waals surface area contributed by atoms with Crippen molar-refractivity contribution in [1.29, 1.82) is 0 Å². The van der Waals surface area contributed by atoms with Gasteiger partial charge in [0.15, 0.2) is 0 Å². The highest BCUT2D eigenvalue weighted by Crippen LogP contribution is 2.48. The quantitative estimate of drug-likeness (QED) is 0.801.